The Balaban J connectivity index is 1.73. The number of nitrogens with one attached hydrogen (secondary N) is 1. The zero-order valence-electron chi connectivity index (χ0n) is 18.7. The lowest BCUT2D eigenvalue weighted by Gasteiger charge is -2.29. The predicted molar refractivity (Wildman–Crippen MR) is 136 cm³/mol. The van der Waals surface area contributed by atoms with E-state index in [1.165, 1.54) is 18.2 Å². The van der Waals surface area contributed by atoms with Gasteiger partial charge in [0.25, 0.3) is 11.5 Å². The van der Waals surface area contributed by atoms with Crippen molar-refractivity contribution >= 4 is 51.7 Å². The maximum absolute atomic E-state index is 13.4. The summed E-state index contributed by atoms with van der Waals surface area (Å²) in [6.45, 7) is 4.83. The molecule has 0 spiro atoms. The highest BCUT2D eigenvalue weighted by Gasteiger charge is 2.37. The fraction of sp³-hybridized carbons (Fsp3) is 0.500. The third-order valence-corrected chi connectivity index (χ3v) is 7.53. The molecular weight excluding hydrogens is 440 g/mol. The molecule has 1 N–H and O–H groups in total. The van der Waals surface area contributed by atoms with Crippen molar-refractivity contribution in [3.63, 3.8) is 0 Å². The number of aryl methyl sites for hydroxylation is 1. The highest BCUT2D eigenvalue weighted by Crippen LogP contribution is 2.37. The molecule has 170 valence electrons. The van der Waals surface area contributed by atoms with E-state index in [-0.39, 0.29) is 17.5 Å². The lowest BCUT2D eigenvalue weighted by molar-refractivity contribution is -0.124. The van der Waals surface area contributed by atoms with E-state index in [4.69, 9.17) is 17.2 Å². The number of thiocarbonyl (C=S) groups is 1. The minimum Gasteiger partial charge on any atom is -0.369 e. The number of anilines is 1. The van der Waals surface area contributed by atoms with E-state index in [9.17, 15) is 9.59 Å². The van der Waals surface area contributed by atoms with Crippen molar-refractivity contribution in [3.8, 4) is 0 Å². The fourth-order valence-corrected chi connectivity index (χ4v) is 5.81. The van der Waals surface area contributed by atoms with Gasteiger partial charge in [0.05, 0.1) is 10.5 Å². The Labute approximate surface area is 198 Å². The lowest BCUT2D eigenvalue weighted by atomic mass is 9.94. The van der Waals surface area contributed by atoms with Crippen LogP contribution in [-0.2, 0) is 4.79 Å². The molecule has 0 aromatic carbocycles. The summed E-state index contributed by atoms with van der Waals surface area (Å²) in [5.41, 5.74) is 1.78. The Bertz CT molecular complexity index is 1120. The van der Waals surface area contributed by atoms with Gasteiger partial charge in [0.15, 0.2) is 0 Å². The number of nitrogens with zero attached hydrogens (tertiary/aromatic N) is 3. The molecule has 2 fully saturated rings. The number of hydrogen-bond donors (Lipinski definition) is 1. The summed E-state index contributed by atoms with van der Waals surface area (Å²) >= 11 is 6.86. The largest absolute Gasteiger partial charge is 0.369 e. The standard InChI is InChI=1S/C24H30N4O2S2/c1-3-4-8-13-25-20-18(22(29)27-14-9-10-16(2)21(27)26-20)15-19-23(30)28(24(31)32-19)17-11-6-5-7-12-17/h9-10,14-15,17,25H,3-8,11-13H2,1-2H3. The molecule has 0 unspecified atom stereocenters. The Morgan fingerprint density at radius 3 is 2.78 bits per heavy atom. The van der Waals surface area contributed by atoms with Crippen molar-refractivity contribution in [3.05, 3.63) is 44.7 Å². The van der Waals surface area contributed by atoms with Crippen LogP contribution in [0.5, 0.6) is 0 Å². The molecule has 2 aromatic rings. The molecule has 2 aromatic heterocycles. The number of aromatic nitrogens is 2. The van der Waals surface area contributed by atoms with Gasteiger partial charge in [0, 0.05) is 18.8 Å². The second-order valence-corrected chi connectivity index (χ2v) is 10.2. The number of hydrogen-bond acceptors (Lipinski definition) is 6. The monoisotopic (exact) mass is 470 g/mol. The smallest absolute Gasteiger partial charge is 0.267 e. The van der Waals surface area contributed by atoms with Crippen LogP contribution in [-0.4, -0.2) is 37.1 Å². The molecule has 1 saturated carbocycles. The van der Waals surface area contributed by atoms with Crippen LogP contribution in [0.4, 0.5) is 5.82 Å². The van der Waals surface area contributed by atoms with Crippen molar-refractivity contribution < 1.29 is 4.79 Å². The first-order valence-electron chi connectivity index (χ1n) is 11.5. The van der Waals surface area contributed by atoms with Crippen LogP contribution in [0.15, 0.2) is 28.0 Å². The van der Waals surface area contributed by atoms with Gasteiger partial charge in [-0.15, -0.1) is 0 Å². The number of carbonyl (C=O) groups is 1. The van der Waals surface area contributed by atoms with Crippen molar-refractivity contribution in [2.45, 2.75) is 71.3 Å². The van der Waals surface area contributed by atoms with E-state index in [2.05, 4.69) is 12.2 Å². The number of fused-ring (bicyclic) bond motifs is 1. The molecular formula is C24H30N4O2S2. The minimum atomic E-state index is -0.181. The van der Waals surface area contributed by atoms with Crippen molar-refractivity contribution in [2.24, 2.45) is 0 Å². The van der Waals surface area contributed by atoms with E-state index in [1.54, 1.807) is 21.6 Å². The first kappa shape index (κ1) is 23.0. The molecule has 32 heavy (non-hydrogen) atoms. The van der Waals surface area contributed by atoms with Gasteiger partial charge >= 0.3 is 0 Å². The third kappa shape index (κ3) is 4.62. The first-order chi connectivity index (χ1) is 15.5. The summed E-state index contributed by atoms with van der Waals surface area (Å²) in [5.74, 6) is 0.445. The molecule has 3 heterocycles. The number of amides is 1. The van der Waals surface area contributed by atoms with Crippen LogP contribution in [0.2, 0.25) is 0 Å². The summed E-state index contributed by atoms with van der Waals surface area (Å²) < 4.78 is 2.15. The van der Waals surface area contributed by atoms with Crippen LogP contribution in [0.25, 0.3) is 11.7 Å². The maximum Gasteiger partial charge on any atom is 0.267 e. The van der Waals surface area contributed by atoms with Crippen LogP contribution >= 0.6 is 24.0 Å². The summed E-state index contributed by atoms with van der Waals surface area (Å²) in [4.78, 5) is 33.7. The van der Waals surface area contributed by atoms with Gasteiger partial charge in [0.1, 0.15) is 15.8 Å². The topological polar surface area (TPSA) is 66.7 Å². The number of rotatable bonds is 7. The van der Waals surface area contributed by atoms with Gasteiger partial charge in [-0.25, -0.2) is 4.98 Å². The third-order valence-electron chi connectivity index (χ3n) is 6.20. The second kappa shape index (κ2) is 10.2. The molecule has 6 nitrogen and oxygen atoms in total. The molecule has 1 saturated heterocycles. The number of pyridine rings is 1. The van der Waals surface area contributed by atoms with Crippen LogP contribution in [0, 0.1) is 6.92 Å². The summed E-state index contributed by atoms with van der Waals surface area (Å²) in [5, 5.41) is 3.35. The summed E-state index contributed by atoms with van der Waals surface area (Å²) in [6, 6.07) is 3.95. The molecule has 8 heteroatoms. The zero-order valence-corrected chi connectivity index (χ0v) is 20.4. The Kier molecular flexibility index (Phi) is 7.30. The Morgan fingerprint density at radius 1 is 1.25 bits per heavy atom. The van der Waals surface area contributed by atoms with Gasteiger partial charge in [-0.3, -0.25) is 18.9 Å². The molecule has 1 aliphatic heterocycles. The molecule has 0 radical (unpaired) electrons. The van der Waals surface area contributed by atoms with Crippen molar-refractivity contribution in [1.29, 1.82) is 0 Å². The molecule has 0 bridgehead atoms. The predicted octanol–water partition coefficient (Wildman–Crippen LogP) is 5.14. The number of carbonyl (C=O) groups excluding carboxylic acids is 1. The van der Waals surface area contributed by atoms with Gasteiger partial charge in [-0.1, -0.05) is 69.1 Å². The maximum atomic E-state index is 13.4. The minimum absolute atomic E-state index is 0.0856. The fourth-order valence-electron chi connectivity index (χ4n) is 4.42. The van der Waals surface area contributed by atoms with Crippen LogP contribution < -0.4 is 10.9 Å². The van der Waals surface area contributed by atoms with Gasteiger partial charge < -0.3 is 5.32 Å². The summed E-state index contributed by atoms with van der Waals surface area (Å²) in [7, 11) is 0. The average Bonchev–Trinajstić information content (AvgIpc) is 3.07. The molecule has 4 rings (SSSR count). The quantitative estimate of drug-likeness (QED) is 0.343. The second-order valence-electron chi connectivity index (χ2n) is 8.54. The normalized spacial score (nSPS) is 18.8. The zero-order chi connectivity index (χ0) is 22.7. The van der Waals surface area contributed by atoms with Gasteiger partial charge in [-0.05, 0) is 43.9 Å². The van der Waals surface area contributed by atoms with Crippen LogP contribution in [0.3, 0.4) is 0 Å². The van der Waals surface area contributed by atoms with E-state index in [1.807, 2.05) is 19.1 Å². The molecule has 0 atom stereocenters. The summed E-state index contributed by atoms with van der Waals surface area (Å²) in [6.07, 6.45) is 12.1. The van der Waals surface area contributed by atoms with E-state index in [0.29, 0.717) is 26.3 Å². The Hall–Kier alpha value is -2.19. The van der Waals surface area contributed by atoms with Gasteiger partial charge in [0.2, 0.25) is 0 Å². The van der Waals surface area contributed by atoms with Crippen LogP contribution in [0.1, 0.15) is 69.4 Å². The number of thioether (sulfide) groups is 1. The highest BCUT2D eigenvalue weighted by molar-refractivity contribution is 8.26. The van der Waals surface area contributed by atoms with E-state index in [0.717, 1.165) is 57.1 Å². The van der Waals surface area contributed by atoms with E-state index < -0.39 is 0 Å². The number of unbranched alkanes of at least 4 members (excludes halogenated alkanes) is 2. The molecule has 1 amide bonds. The highest BCUT2D eigenvalue weighted by atomic mass is 32.2. The SMILES string of the molecule is CCCCCNc1nc2c(C)cccn2c(=O)c1C=C1SC(=S)N(C2CCCCC2)C1=O. The molecule has 2 aliphatic rings. The lowest BCUT2D eigenvalue weighted by Crippen LogP contribution is -2.39. The van der Waals surface area contributed by atoms with Gasteiger partial charge in [-0.2, -0.15) is 0 Å². The van der Waals surface area contributed by atoms with E-state index >= 15 is 0 Å². The molecule has 1 aliphatic carbocycles. The van der Waals surface area contributed by atoms with Crippen molar-refractivity contribution in [2.75, 3.05) is 11.9 Å². The first-order valence-corrected chi connectivity index (χ1v) is 12.8. The van der Waals surface area contributed by atoms with Crippen molar-refractivity contribution in [1.82, 2.24) is 14.3 Å². The Morgan fingerprint density at radius 2 is 2.03 bits per heavy atom. The average molecular weight is 471 g/mol.